The third kappa shape index (κ3) is 10.7. The number of allylic oxidation sites excluding steroid dienone is 1. The Labute approximate surface area is 334 Å². The van der Waals surface area contributed by atoms with Crippen molar-refractivity contribution in [2.45, 2.75) is 64.1 Å². The molecule has 2 aromatic rings. The summed E-state index contributed by atoms with van der Waals surface area (Å²) in [5, 5.41) is 51.2. The Hall–Kier alpha value is -6.29. The zero-order valence-corrected chi connectivity index (χ0v) is 32.8. The van der Waals surface area contributed by atoms with Gasteiger partial charge in [0.2, 0.25) is 11.5 Å². The van der Waals surface area contributed by atoms with Crippen molar-refractivity contribution >= 4 is 76.3 Å². The van der Waals surface area contributed by atoms with Gasteiger partial charge in [0.25, 0.3) is 29.9 Å². The number of nitrogens with one attached hydrogen (secondary N) is 3. The zero-order valence-electron chi connectivity index (χ0n) is 31.1. The van der Waals surface area contributed by atoms with E-state index in [1.165, 1.54) is 61.1 Å². The van der Waals surface area contributed by atoms with Crippen LogP contribution in [0, 0.1) is 0 Å². The van der Waals surface area contributed by atoms with Gasteiger partial charge in [-0.15, -0.1) is 11.8 Å². The van der Waals surface area contributed by atoms with Crippen molar-refractivity contribution in [3.05, 3.63) is 69.6 Å². The average Bonchev–Trinajstić information content (AvgIpc) is 3.16. The highest BCUT2D eigenvalue weighted by atomic mass is 32.2. The van der Waals surface area contributed by atoms with E-state index < -0.39 is 70.6 Å². The van der Waals surface area contributed by atoms with Gasteiger partial charge < -0.3 is 52.7 Å². The van der Waals surface area contributed by atoms with Gasteiger partial charge in [-0.25, -0.2) is 14.2 Å². The largest absolute Gasteiger partial charge is 0.504 e. The fraction of sp³-hybridized carbons (Fsp3) is 0.343. The van der Waals surface area contributed by atoms with Crippen LogP contribution in [0.25, 0.3) is 0 Å². The first-order chi connectivity index (χ1) is 26.8. The highest BCUT2D eigenvalue weighted by molar-refractivity contribution is 8.05. The summed E-state index contributed by atoms with van der Waals surface area (Å²) < 4.78 is 1.44. The van der Waals surface area contributed by atoms with Crippen molar-refractivity contribution in [1.29, 1.82) is 0 Å². The van der Waals surface area contributed by atoms with Crippen molar-refractivity contribution in [2.24, 2.45) is 10.9 Å². The second kappa shape index (κ2) is 18.6. The number of benzene rings is 1. The van der Waals surface area contributed by atoms with E-state index in [0.29, 0.717) is 10.6 Å². The summed E-state index contributed by atoms with van der Waals surface area (Å²) in [4.78, 5) is 86.6. The van der Waals surface area contributed by atoms with Gasteiger partial charge in [0.1, 0.15) is 29.9 Å². The van der Waals surface area contributed by atoms with E-state index in [0.717, 1.165) is 41.6 Å². The molecule has 1 aromatic heterocycles. The van der Waals surface area contributed by atoms with Crippen LogP contribution in [0.15, 0.2) is 69.2 Å². The standard InChI is InChI=1S/C35H41N9O11S2/c1-5-6-7-23(36)56-14-17(2)25(42-55-35(3,4)34(53)54)30(49)41-26-31(50)44-27(33(51)52)19(15-57-32(26)44)12-43-13-20(28(37)39-16-43)40-24(47)11-38-29(48)18-8-9-21(45)22(46)10-18/h7-10,13-14,16,26,32,37H,5-6,11-12,15,36H2,1-4H3,(H7,38,40,41,42,45,46,47,48,49,51,52,53,54)/p+1/b17-14+,23-7+/t26-,32?/m1/s1. The van der Waals surface area contributed by atoms with Gasteiger partial charge >= 0.3 is 11.9 Å². The zero-order chi connectivity index (χ0) is 42.2. The maximum absolute atomic E-state index is 13.6. The van der Waals surface area contributed by atoms with Gasteiger partial charge in [0, 0.05) is 16.9 Å². The summed E-state index contributed by atoms with van der Waals surface area (Å²) in [6.45, 7) is 5.40. The first-order valence-electron chi connectivity index (χ1n) is 17.1. The smallest absolute Gasteiger partial charge is 0.352 e. The quantitative estimate of drug-likeness (QED) is 0.0352. The van der Waals surface area contributed by atoms with Gasteiger partial charge in [-0.3, -0.25) is 24.1 Å². The van der Waals surface area contributed by atoms with Crippen LogP contribution in [-0.2, 0) is 35.4 Å². The Kier molecular flexibility index (Phi) is 14.1. The fourth-order valence-corrected chi connectivity index (χ4v) is 7.02. The summed E-state index contributed by atoms with van der Waals surface area (Å²) in [6.07, 6.45) is 6.08. The first-order valence-corrected chi connectivity index (χ1v) is 19.0. The Bertz CT molecular complexity index is 2100. The lowest BCUT2D eigenvalue weighted by molar-refractivity contribution is -0.691. The van der Waals surface area contributed by atoms with Gasteiger partial charge in [-0.1, -0.05) is 36.3 Å². The lowest BCUT2D eigenvalue weighted by Crippen LogP contribution is -2.71. The van der Waals surface area contributed by atoms with Gasteiger partial charge in [-0.2, -0.15) is 0 Å². The Morgan fingerprint density at radius 2 is 1.91 bits per heavy atom. The van der Waals surface area contributed by atoms with Crippen LogP contribution in [-0.4, -0.2) is 101 Å². The second-order valence-corrected chi connectivity index (χ2v) is 15.1. The SMILES string of the molecule is CCC/C=C(\N)S/C=C(C)/C(=N/OC(C)(C)C(=O)O)C(=O)N[C@@H]1C(=O)N2C(C(=O)O)=C(C[n+]3cnc(N)c(NC(=O)CNC(=O)c4ccc(O)c(O)c4)c3)CSC12. The normalized spacial score (nSPS) is 17.3. The molecule has 1 fully saturated rings. The summed E-state index contributed by atoms with van der Waals surface area (Å²) >= 11 is 2.30. The molecular weight excluding hydrogens is 787 g/mol. The predicted octanol–water partition coefficient (Wildman–Crippen LogP) is 0.943. The second-order valence-electron chi connectivity index (χ2n) is 13.1. The lowest BCUT2D eigenvalue weighted by Gasteiger charge is -2.49. The van der Waals surface area contributed by atoms with E-state index in [1.807, 2.05) is 6.92 Å². The minimum Gasteiger partial charge on any atom is -0.504 e. The van der Waals surface area contributed by atoms with Crippen molar-refractivity contribution in [1.82, 2.24) is 20.5 Å². The summed E-state index contributed by atoms with van der Waals surface area (Å²) in [6, 6.07) is 2.23. The van der Waals surface area contributed by atoms with E-state index in [4.69, 9.17) is 16.3 Å². The minimum absolute atomic E-state index is 0.00889. The maximum atomic E-state index is 13.6. The molecule has 0 spiro atoms. The molecule has 3 heterocycles. The molecule has 4 amide bonds. The monoisotopic (exact) mass is 828 g/mol. The van der Waals surface area contributed by atoms with Crippen molar-refractivity contribution in [2.75, 3.05) is 23.3 Å². The molecule has 0 radical (unpaired) electrons. The van der Waals surface area contributed by atoms with Crippen LogP contribution in [0.3, 0.4) is 0 Å². The molecule has 2 atom stereocenters. The van der Waals surface area contributed by atoms with E-state index in [2.05, 4.69) is 26.1 Å². The molecule has 2 aliphatic rings. The third-order valence-electron chi connectivity index (χ3n) is 8.22. The summed E-state index contributed by atoms with van der Waals surface area (Å²) in [5.74, 6) is -6.65. The number of nitrogen functional groups attached to an aromatic ring is 1. The molecular formula is C35H42N9O11S2+. The van der Waals surface area contributed by atoms with Crippen molar-refractivity contribution in [3.63, 3.8) is 0 Å². The molecule has 11 N–H and O–H groups in total. The number of unbranched alkanes of at least 4 members (excludes halogenated alkanes) is 1. The van der Waals surface area contributed by atoms with Gasteiger partial charge in [0.15, 0.2) is 22.9 Å². The van der Waals surface area contributed by atoms with Crippen LogP contribution >= 0.6 is 23.5 Å². The van der Waals surface area contributed by atoms with Crippen LogP contribution in [0.5, 0.6) is 11.5 Å². The van der Waals surface area contributed by atoms with Crippen molar-refractivity contribution in [3.8, 4) is 11.5 Å². The highest BCUT2D eigenvalue weighted by Crippen LogP contribution is 2.40. The van der Waals surface area contributed by atoms with E-state index in [1.54, 1.807) is 6.08 Å². The number of β-lactam (4-membered cyclic amide) rings is 1. The molecule has 57 heavy (non-hydrogen) atoms. The molecule has 0 bridgehead atoms. The molecule has 4 rings (SSSR count). The van der Waals surface area contributed by atoms with E-state index in [9.17, 15) is 49.2 Å². The number of hydrogen-bond donors (Lipinski definition) is 9. The Balaban J connectivity index is 1.47. The molecule has 20 nitrogen and oxygen atoms in total. The number of aromatic hydroxyl groups is 2. The van der Waals surface area contributed by atoms with Gasteiger partial charge in [0.05, 0.1) is 11.6 Å². The Morgan fingerprint density at radius 1 is 1.19 bits per heavy atom. The number of anilines is 2. The van der Waals surface area contributed by atoms with Gasteiger partial charge in [-0.05, 0) is 61.4 Å². The lowest BCUT2D eigenvalue weighted by atomic mass is 10.0. The number of nitrogens with two attached hydrogens (primary N) is 2. The number of aliphatic carboxylic acids is 2. The number of phenolic OH excluding ortho intramolecular Hbond substituents is 2. The number of thioether (sulfide) groups is 2. The number of rotatable bonds is 17. The maximum Gasteiger partial charge on any atom is 0.352 e. The number of hydrogen-bond acceptors (Lipinski definition) is 15. The highest BCUT2D eigenvalue weighted by Gasteiger charge is 2.54. The van der Waals surface area contributed by atoms with Crippen LogP contribution in [0.1, 0.15) is 50.9 Å². The number of oxime groups is 1. The topological polar surface area (TPSA) is 313 Å². The number of aromatic nitrogens is 2. The number of phenols is 2. The molecule has 1 unspecified atom stereocenters. The van der Waals surface area contributed by atoms with Crippen LogP contribution < -0.4 is 32.0 Å². The molecule has 304 valence electrons. The third-order valence-corrected chi connectivity index (χ3v) is 10.5. The van der Waals surface area contributed by atoms with Crippen molar-refractivity contribution < 1.29 is 58.6 Å². The average molecular weight is 829 g/mol. The number of carboxylic acids is 2. The number of carboxylic acid groups (broad SMARTS) is 2. The molecule has 0 aliphatic carbocycles. The molecule has 22 heteroatoms. The number of amides is 4. The van der Waals surface area contributed by atoms with Crippen LogP contribution in [0.4, 0.5) is 11.5 Å². The minimum atomic E-state index is -1.80. The molecule has 0 saturated carbocycles. The molecule has 1 aromatic carbocycles. The van der Waals surface area contributed by atoms with Crippen LogP contribution in [0.2, 0.25) is 0 Å². The number of nitrogens with zero attached hydrogens (tertiary/aromatic N) is 4. The summed E-state index contributed by atoms with van der Waals surface area (Å²) in [5.41, 5.74) is 10.1. The molecule has 2 aliphatic heterocycles. The first kappa shape index (κ1) is 43.4. The van der Waals surface area contributed by atoms with E-state index in [-0.39, 0.29) is 46.3 Å². The number of carbonyl (C=O) groups is 6. The molecule has 1 saturated heterocycles. The Morgan fingerprint density at radius 3 is 2.56 bits per heavy atom. The number of carbonyl (C=O) groups excluding carboxylic acids is 4. The predicted molar refractivity (Wildman–Crippen MR) is 208 cm³/mol. The fourth-order valence-electron chi connectivity index (χ4n) is 5.05. The summed E-state index contributed by atoms with van der Waals surface area (Å²) in [7, 11) is 0. The number of fused-ring (bicyclic) bond motifs is 1. The van der Waals surface area contributed by atoms with E-state index >= 15 is 0 Å².